The summed E-state index contributed by atoms with van der Waals surface area (Å²) in [6.07, 6.45) is 0.906. The summed E-state index contributed by atoms with van der Waals surface area (Å²) in [5.41, 5.74) is 0. The van der Waals surface area contributed by atoms with E-state index in [9.17, 15) is 8.78 Å². The van der Waals surface area contributed by atoms with Gasteiger partial charge in [0.25, 0.3) is 0 Å². The SMILES string of the molecule is OCCNc1ncc(F)cc1F. The molecule has 5 heteroatoms. The van der Waals surface area contributed by atoms with Gasteiger partial charge in [-0.3, -0.25) is 0 Å². The van der Waals surface area contributed by atoms with Crippen molar-refractivity contribution in [1.29, 1.82) is 0 Å². The third kappa shape index (κ3) is 2.13. The molecule has 1 rings (SSSR count). The number of nitrogens with one attached hydrogen (secondary N) is 1. The van der Waals surface area contributed by atoms with Crippen LogP contribution in [0, 0.1) is 11.6 Å². The first-order chi connectivity index (χ1) is 5.74. The molecular weight excluding hydrogens is 166 g/mol. The van der Waals surface area contributed by atoms with Crippen LogP contribution in [0.5, 0.6) is 0 Å². The van der Waals surface area contributed by atoms with E-state index in [1.54, 1.807) is 0 Å². The Kier molecular flexibility index (Phi) is 2.93. The lowest BCUT2D eigenvalue weighted by molar-refractivity contribution is 0.310. The molecule has 0 atom stereocenters. The third-order valence-corrected chi connectivity index (χ3v) is 1.21. The molecule has 1 aromatic heterocycles. The molecule has 0 unspecified atom stereocenters. The second-order valence-electron chi connectivity index (χ2n) is 2.13. The first-order valence-corrected chi connectivity index (χ1v) is 3.40. The zero-order valence-electron chi connectivity index (χ0n) is 6.22. The Morgan fingerprint density at radius 2 is 2.25 bits per heavy atom. The molecule has 66 valence electrons. The summed E-state index contributed by atoms with van der Waals surface area (Å²) in [7, 11) is 0. The summed E-state index contributed by atoms with van der Waals surface area (Å²) in [5.74, 6) is -1.53. The zero-order chi connectivity index (χ0) is 8.97. The molecule has 2 N–H and O–H groups in total. The number of anilines is 1. The second kappa shape index (κ2) is 3.96. The highest BCUT2D eigenvalue weighted by atomic mass is 19.1. The van der Waals surface area contributed by atoms with Gasteiger partial charge in [0.15, 0.2) is 11.6 Å². The van der Waals surface area contributed by atoms with Gasteiger partial charge in [0.1, 0.15) is 5.82 Å². The second-order valence-corrected chi connectivity index (χ2v) is 2.13. The Hall–Kier alpha value is -1.23. The first-order valence-electron chi connectivity index (χ1n) is 3.40. The van der Waals surface area contributed by atoms with Crippen molar-refractivity contribution in [2.45, 2.75) is 0 Å². The van der Waals surface area contributed by atoms with E-state index in [0.29, 0.717) is 0 Å². The van der Waals surface area contributed by atoms with E-state index in [2.05, 4.69) is 10.3 Å². The molecule has 0 spiro atoms. The Morgan fingerprint density at radius 1 is 1.50 bits per heavy atom. The van der Waals surface area contributed by atoms with Crippen molar-refractivity contribution in [3.63, 3.8) is 0 Å². The molecule has 0 amide bonds. The van der Waals surface area contributed by atoms with Gasteiger partial charge in [-0.1, -0.05) is 0 Å². The lowest BCUT2D eigenvalue weighted by Gasteiger charge is -2.03. The normalized spacial score (nSPS) is 9.92. The fourth-order valence-electron chi connectivity index (χ4n) is 0.719. The maximum atomic E-state index is 12.7. The molecular formula is C7H8F2N2O. The largest absolute Gasteiger partial charge is 0.395 e. The minimum atomic E-state index is -0.761. The van der Waals surface area contributed by atoms with Crippen molar-refractivity contribution >= 4 is 5.82 Å². The van der Waals surface area contributed by atoms with Crippen LogP contribution in [0.25, 0.3) is 0 Å². The average Bonchev–Trinajstić information content (AvgIpc) is 2.03. The van der Waals surface area contributed by atoms with Gasteiger partial charge in [-0.05, 0) is 0 Å². The zero-order valence-corrected chi connectivity index (χ0v) is 6.22. The molecule has 1 aromatic rings. The molecule has 0 aliphatic carbocycles. The average molecular weight is 174 g/mol. The molecule has 0 aliphatic heterocycles. The Morgan fingerprint density at radius 3 is 2.83 bits per heavy atom. The van der Waals surface area contributed by atoms with Crippen molar-refractivity contribution in [1.82, 2.24) is 4.98 Å². The van der Waals surface area contributed by atoms with Crippen LogP contribution < -0.4 is 5.32 Å². The number of aromatic nitrogens is 1. The predicted molar refractivity (Wildman–Crippen MR) is 39.7 cm³/mol. The smallest absolute Gasteiger partial charge is 0.168 e. The number of aliphatic hydroxyl groups is 1. The summed E-state index contributed by atoms with van der Waals surface area (Å²) in [6, 6.07) is 0.729. The Bertz CT molecular complexity index is 268. The van der Waals surface area contributed by atoms with Gasteiger partial charge in [-0.15, -0.1) is 0 Å². The van der Waals surface area contributed by atoms with Gasteiger partial charge in [0, 0.05) is 12.6 Å². The molecule has 0 saturated carbocycles. The number of pyridine rings is 1. The van der Waals surface area contributed by atoms with Gasteiger partial charge >= 0.3 is 0 Å². The quantitative estimate of drug-likeness (QED) is 0.711. The topological polar surface area (TPSA) is 45.1 Å². The molecule has 0 aromatic carbocycles. The summed E-state index contributed by atoms with van der Waals surface area (Å²) >= 11 is 0. The first kappa shape index (κ1) is 8.86. The van der Waals surface area contributed by atoms with E-state index in [-0.39, 0.29) is 19.0 Å². The standard InChI is InChI=1S/C7H8F2N2O/c8-5-3-6(9)7(11-4-5)10-1-2-12/h3-4,12H,1-2H2,(H,10,11). The molecule has 0 bridgehead atoms. The molecule has 12 heavy (non-hydrogen) atoms. The minimum Gasteiger partial charge on any atom is -0.395 e. The van der Waals surface area contributed by atoms with Crippen molar-refractivity contribution < 1.29 is 13.9 Å². The van der Waals surface area contributed by atoms with Crippen LogP contribution in [0.15, 0.2) is 12.3 Å². The van der Waals surface area contributed by atoms with E-state index < -0.39 is 11.6 Å². The minimum absolute atomic E-state index is 0.0505. The van der Waals surface area contributed by atoms with Crippen LogP contribution in [0.1, 0.15) is 0 Å². The predicted octanol–water partition coefficient (Wildman–Crippen LogP) is 0.764. The summed E-state index contributed by atoms with van der Waals surface area (Å²) in [5, 5.41) is 10.9. The Labute approximate surface area is 68.1 Å². The molecule has 0 fully saturated rings. The highest BCUT2D eigenvalue weighted by Gasteiger charge is 2.03. The molecule has 1 heterocycles. The van der Waals surface area contributed by atoms with Crippen LogP contribution >= 0.6 is 0 Å². The van der Waals surface area contributed by atoms with Crippen LogP contribution in [0.2, 0.25) is 0 Å². The van der Waals surface area contributed by atoms with Gasteiger partial charge in [0.05, 0.1) is 12.8 Å². The van der Waals surface area contributed by atoms with Crippen LogP contribution in [0.4, 0.5) is 14.6 Å². The molecule has 0 aliphatic rings. The maximum Gasteiger partial charge on any atom is 0.168 e. The lowest BCUT2D eigenvalue weighted by atomic mass is 10.4. The van der Waals surface area contributed by atoms with E-state index in [0.717, 1.165) is 12.3 Å². The molecule has 3 nitrogen and oxygen atoms in total. The monoisotopic (exact) mass is 174 g/mol. The van der Waals surface area contributed by atoms with Crippen LogP contribution in [-0.4, -0.2) is 23.2 Å². The summed E-state index contributed by atoms with van der Waals surface area (Å²) in [4.78, 5) is 3.44. The van der Waals surface area contributed by atoms with Crippen molar-refractivity contribution in [3.05, 3.63) is 23.9 Å². The van der Waals surface area contributed by atoms with Crippen LogP contribution in [-0.2, 0) is 0 Å². The van der Waals surface area contributed by atoms with E-state index in [4.69, 9.17) is 5.11 Å². The van der Waals surface area contributed by atoms with Gasteiger partial charge in [-0.25, -0.2) is 13.8 Å². The number of aliphatic hydroxyl groups excluding tert-OH is 1. The molecule has 0 radical (unpaired) electrons. The number of rotatable bonds is 3. The van der Waals surface area contributed by atoms with E-state index in [1.165, 1.54) is 0 Å². The third-order valence-electron chi connectivity index (χ3n) is 1.21. The van der Waals surface area contributed by atoms with E-state index >= 15 is 0 Å². The van der Waals surface area contributed by atoms with Gasteiger partial charge in [-0.2, -0.15) is 0 Å². The highest BCUT2D eigenvalue weighted by molar-refractivity contribution is 5.35. The number of halogens is 2. The Balaban J connectivity index is 2.72. The summed E-state index contributed by atoms with van der Waals surface area (Å²) < 4.78 is 25.0. The lowest BCUT2D eigenvalue weighted by Crippen LogP contribution is -2.08. The number of nitrogens with zero attached hydrogens (tertiary/aromatic N) is 1. The van der Waals surface area contributed by atoms with Gasteiger partial charge in [0.2, 0.25) is 0 Å². The number of hydrogen-bond donors (Lipinski definition) is 2. The van der Waals surface area contributed by atoms with E-state index in [1.807, 2.05) is 0 Å². The van der Waals surface area contributed by atoms with Gasteiger partial charge < -0.3 is 10.4 Å². The maximum absolute atomic E-state index is 12.7. The van der Waals surface area contributed by atoms with Crippen LogP contribution in [0.3, 0.4) is 0 Å². The fourth-order valence-corrected chi connectivity index (χ4v) is 0.719. The van der Waals surface area contributed by atoms with Crippen molar-refractivity contribution in [3.8, 4) is 0 Å². The summed E-state index contributed by atoms with van der Waals surface area (Å²) in [6.45, 7) is 0.0635. The number of hydrogen-bond acceptors (Lipinski definition) is 3. The van der Waals surface area contributed by atoms with Crippen molar-refractivity contribution in [2.24, 2.45) is 0 Å². The van der Waals surface area contributed by atoms with Crippen molar-refractivity contribution in [2.75, 3.05) is 18.5 Å². The fraction of sp³-hybridized carbons (Fsp3) is 0.286. The highest BCUT2D eigenvalue weighted by Crippen LogP contribution is 2.09. The molecule has 0 saturated heterocycles.